The highest BCUT2D eigenvalue weighted by atomic mass is 19.4. The summed E-state index contributed by atoms with van der Waals surface area (Å²) in [6, 6.07) is 11.3. The first kappa shape index (κ1) is 25.7. The third-order valence-electron chi connectivity index (χ3n) is 6.42. The van der Waals surface area contributed by atoms with Gasteiger partial charge in [0.25, 0.3) is 0 Å². The molecule has 0 aromatic heterocycles. The van der Waals surface area contributed by atoms with Gasteiger partial charge in [0.2, 0.25) is 5.91 Å². The lowest BCUT2D eigenvalue weighted by atomic mass is 9.78. The second-order valence-electron chi connectivity index (χ2n) is 9.64. The molecule has 34 heavy (non-hydrogen) atoms. The lowest BCUT2D eigenvalue weighted by Gasteiger charge is -2.43. The number of likely N-dealkylation sites (tertiary alicyclic amines) is 1. The van der Waals surface area contributed by atoms with Crippen molar-refractivity contribution in [3.05, 3.63) is 70.8 Å². The van der Waals surface area contributed by atoms with Crippen LogP contribution in [0, 0.1) is 5.41 Å². The molecule has 0 aliphatic carbocycles. The van der Waals surface area contributed by atoms with Gasteiger partial charge >= 0.3 is 12.1 Å². The van der Waals surface area contributed by atoms with Crippen LogP contribution in [-0.2, 0) is 22.3 Å². The van der Waals surface area contributed by atoms with Crippen LogP contribution in [0.3, 0.4) is 0 Å². The van der Waals surface area contributed by atoms with Crippen molar-refractivity contribution in [3.63, 3.8) is 0 Å². The Labute approximate surface area is 198 Å². The minimum atomic E-state index is -4.37. The van der Waals surface area contributed by atoms with Crippen molar-refractivity contribution in [1.29, 1.82) is 0 Å². The highest BCUT2D eigenvalue weighted by molar-refractivity contribution is 5.89. The second-order valence-corrected chi connectivity index (χ2v) is 9.64. The lowest BCUT2D eigenvalue weighted by Crippen LogP contribution is -2.53. The molecule has 2 atom stereocenters. The van der Waals surface area contributed by atoms with Gasteiger partial charge in [-0.2, -0.15) is 13.2 Å². The van der Waals surface area contributed by atoms with Crippen molar-refractivity contribution in [3.8, 4) is 0 Å². The van der Waals surface area contributed by atoms with Crippen molar-refractivity contribution in [2.75, 3.05) is 13.7 Å². The summed E-state index contributed by atoms with van der Waals surface area (Å²) in [5.74, 6) is -0.546. The number of alkyl halides is 3. The zero-order valence-electron chi connectivity index (χ0n) is 19.9. The summed E-state index contributed by atoms with van der Waals surface area (Å²) >= 11 is 0. The molecule has 0 spiro atoms. The van der Waals surface area contributed by atoms with Crippen molar-refractivity contribution in [1.82, 2.24) is 10.2 Å². The van der Waals surface area contributed by atoms with Crippen molar-refractivity contribution < 1.29 is 27.5 Å². The number of nitrogens with one attached hydrogen (secondary N) is 1. The zero-order valence-corrected chi connectivity index (χ0v) is 19.9. The number of nitrogens with zero attached hydrogens (tertiary/aromatic N) is 1. The normalized spacial score (nSPS) is 19.3. The number of carbonyl (C=O) groups excluding carboxylic acids is 2. The summed E-state index contributed by atoms with van der Waals surface area (Å²) in [4.78, 5) is 27.0. The Hall–Kier alpha value is -2.87. The molecular weight excluding hydrogens is 445 g/mol. The molecule has 3 rings (SSSR count). The lowest BCUT2D eigenvalue weighted by molar-refractivity contribution is -0.137. The summed E-state index contributed by atoms with van der Waals surface area (Å²) in [6.45, 7) is 7.19. The number of amides is 1. The molecule has 5 nitrogen and oxygen atoms in total. The van der Waals surface area contributed by atoms with Gasteiger partial charge in [-0.3, -0.25) is 9.69 Å². The molecule has 1 heterocycles. The van der Waals surface area contributed by atoms with Gasteiger partial charge in [0.1, 0.15) is 0 Å². The number of hydrogen-bond donors (Lipinski definition) is 1. The molecule has 1 aliphatic heterocycles. The predicted molar refractivity (Wildman–Crippen MR) is 123 cm³/mol. The number of carbonyl (C=O) groups is 2. The Bertz CT molecular complexity index is 1000. The maximum Gasteiger partial charge on any atom is 0.416 e. The number of rotatable bonds is 6. The minimum Gasteiger partial charge on any atom is -0.465 e. The summed E-state index contributed by atoms with van der Waals surface area (Å²) in [5, 5.41) is 3.07. The Kier molecular flexibility index (Phi) is 7.70. The van der Waals surface area contributed by atoms with Crippen LogP contribution < -0.4 is 5.32 Å². The summed E-state index contributed by atoms with van der Waals surface area (Å²) < 4.78 is 43.4. The highest BCUT2D eigenvalue weighted by Gasteiger charge is 2.38. The summed E-state index contributed by atoms with van der Waals surface area (Å²) in [6.07, 6.45) is -2.84. The number of halogens is 3. The number of hydrogen-bond acceptors (Lipinski definition) is 4. The molecule has 184 valence electrons. The first-order chi connectivity index (χ1) is 15.9. The van der Waals surface area contributed by atoms with Crippen molar-refractivity contribution in [2.24, 2.45) is 5.41 Å². The molecule has 0 bridgehead atoms. The fourth-order valence-electron chi connectivity index (χ4n) is 4.26. The molecule has 1 amide bonds. The average Bonchev–Trinajstić information content (AvgIpc) is 2.79. The van der Waals surface area contributed by atoms with E-state index < -0.39 is 23.8 Å². The monoisotopic (exact) mass is 476 g/mol. The van der Waals surface area contributed by atoms with E-state index in [-0.39, 0.29) is 17.4 Å². The van der Waals surface area contributed by atoms with Crippen LogP contribution in [0.25, 0.3) is 0 Å². The Balaban J connectivity index is 1.71. The van der Waals surface area contributed by atoms with Crippen LogP contribution in [-0.4, -0.2) is 36.5 Å². The third-order valence-corrected chi connectivity index (χ3v) is 6.42. The molecule has 8 heteroatoms. The van der Waals surface area contributed by atoms with Crippen molar-refractivity contribution in [2.45, 2.75) is 58.4 Å². The number of ether oxygens (including phenoxy) is 1. The maximum absolute atomic E-state index is 13.3. The van der Waals surface area contributed by atoms with Gasteiger partial charge in [-0.25, -0.2) is 4.79 Å². The molecule has 1 N–H and O–H groups in total. The molecular formula is C26H31F3N2O3. The fourth-order valence-corrected chi connectivity index (χ4v) is 4.26. The van der Waals surface area contributed by atoms with Crippen LogP contribution in [0.2, 0.25) is 0 Å². The van der Waals surface area contributed by atoms with Gasteiger partial charge in [-0.05, 0) is 67.1 Å². The van der Waals surface area contributed by atoms with E-state index in [0.717, 1.165) is 29.7 Å². The Morgan fingerprint density at radius 2 is 1.74 bits per heavy atom. The summed E-state index contributed by atoms with van der Waals surface area (Å²) in [7, 11) is 1.32. The second kappa shape index (κ2) is 10.2. The maximum atomic E-state index is 13.3. The van der Waals surface area contributed by atoms with E-state index in [2.05, 4.69) is 19.2 Å². The van der Waals surface area contributed by atoms with Gasteiger partial charge in [0.05, 0.1) is 30.3 Å². The minimum absolute atomic E-state index is 0.0238. The van der Waals surface area contributed by atoms with E-state index in [1.807, 2.05) is 11.8 Å². The van der Waals surface area contributed by atoms with E-state index in [9.17, 15) is 22.8 Å². The van der Waals surface area contributed by atoms with Crippen LogP contribution in [0.1, 0.15) is 66.7 Å². The van der Waals surface area contributed by atoms with E-state index >= 15 is 0 Å². The molecule has 0 saturated carbocycles. The fraction of sp³-hybridized carbons (Fsp3) is 0.462. The number of piperidine rings is 1. The molecule has 1 fully saturated rings. The molecule has 1 saturated heterocycles. The van der Waals surface area contributed by atoms with Gasteiger partial charge in [-0.1, -0.05) is 38.1 Å². The first-order valence-electron chi connectivity index (χ1n) is 11.3. The third kappa shape index (κ3) is 6.38. The smallest absolute Gasteiger partial charge is 0.416 e. The molecule has 0 radical (unpaired) electrons. The topological polar surface area (TPSA) is 58.6 Å². The van der Waals surface area contributed by atoms with Crippen molar-refractivity contribution >= 4 is 11.9 Å². The largest absolute Gasteiger partial charge is 0.465 e. The van der Waals surface area contributed by atoms with E-state index in [4.69, 9.17) is 4.74 Å². The average molecular weight is 477 g/mol. The summed E-state index contributed by atoms with van der Waals surface area (Å²) in [5.41, 5.74) is 1.31. The first-order valence-corrected chi connectivity index (χ1v) is 11.3. The Morgan fingerprint density at radius 3 is 2.29 bits per heavy atom. The zero-order chi connectivity index (χ0) is 25.1. The van der Waals surface area contributed by atoms with Gasteiger partial charge in [0.15, 0.2) is 0 Å². The number of esters is 1. The van der Waals surface area contributed by atoms with Crippen LogP contribution in [0.5, 0.6) is 0 Å². The Morgan fingerprint density at radius 1 is 1.12 bits per heavy atom. The standard InChI is InChI=1S/C26H31F3N2O3/c1-17(19-7-9-20(10-8-19)24(33)34-4)30-23(32)22-15-25(2,3)13-14-31(22)16-18-5-11-21(12-6-18)26(27,28)29/h5-12,17,22H,13-16H2,1-4H3,(H,30,32)/t17-,22?/m0/s1. The highest BCUT2D eigenvalue weighted by Crippen LogP contribution is 2.35. The van der Waals surface area contributed by atoms with Crippen LogP contribution >= 0.6 is 0 Å². The SMILES string of the molecule is COC(=O)c1ccc([C@H](C)NC(=O)C2CC(C)(C)CCN2Cc2ccc(C(F)(F)F)cc2)cc1. The molecule has 1 aliphatic rings. The molecule has 2 aromatic carbocycles. The molecule has 1 unspecified atom stereocenters. The van der Waals surface area contributed by atoms with Gasteiger partial charge < -0.3 is 10.1 Å². The molecule has 2 aromatic rings. The predicted octanol–water partition coefficient (Wildman–Crippen LogP) is 5.36. The van der Waals surface area contributed by atoms with Crippen LogP contribution in [0.15, 0.2) is 48.5 Å². The van der Waals surface area contributed by atoms with Crippen LogP contribution in [0.4, 0.5) is 13.2 Å². The van der Waals surface area contributed by atoms with E-state index in [1.54, 1.807) is 24.3 Å². The van der Waals surface area contributed by atoms with E-state index in [1.165, 1.54) is 19.2 Å². The van der Waals surface area contributed by atoms with E-state index in [0.29, 0.717) is 25.1 Å². The van der Waals surface area contributed by atoms with Gasteiger partial charge in [-0.15, -0.1) is 0 Å². The van der Waals surface area contributed by atoms with Gasteiger partial charge in [0, 0.05) is 6.54 Å². The number of methoxy groups -OCH3 is 1. The number of benzene rings is 2. The quantitative estimate of drug-likeness (QED) is 0.571.